The van der Waals surface area contributed by atoms with Crippen molar-refractivity contribution in [2.75, 3.05) is 19.7 Å². The summed E-state index contributed by atoms with van der Waals surface area (Å²) < 4.78 is 4.81. The van der Waals surface area contributed by atoms with Crippen LogP contribution in [-0.4, -0.2) is 25.7 Å². The van der Waals surface area contributed by atoms with E-state index in [1.54, 1.807) is 0 Å². The second-order valence-electron chi connectivity index (χ2n) is 4.65. The summed E-state index contributed by atoms with van der Waals surface area (Å²) in [6.07, 6.45) is 2.07. The Hall–Kier alpha value is -2.13. The van der Waals surface area contributed by atoms with Crippen LogP contribution in [0.2, 0.25) is 0 Å². The quantitative estimate of drug-likeness (QED) is 0.630. The highest BCUT2D eigenvalue weighted by molar-refractivity contribution is 5.71. The first kappa shape index (κ1) is 17.9. The molecule has 1 radical (unpaired) electrons. The molecule has 0 spiro atoms. The number of nitrogens with one attached hydrogen (secondary N) is 1. The van der Waals surface area contributed by atoms with E-state index in [0.717, 1.165) is 19.4 Å². The van der Waals surface area contributed by atoms with Gasteiger partial charge in [0.2, 0.25) is 0 Å². The number of carbonyl (C=O) groups is 1. The summed E-state index contributed by atoms with van der Waals surface area (Å²) in [5, 5.41) is 3.07. The molecule has 0 fully saturated rings. The van der Waals surface area contributed by atoms with Gasteiger partial charge in [0.15, 0.2) is 0 Å². The lowest BCUT2D eigenvalue weighted by molar-refractivity contribution is -0.141. The smallest absolute Gasteiger partial charge is 0.319 e. The molecule has 3 nitrogen and oxygen atoms in total. The standard InChI is InChI=1S/C13H19NO2.C6H5/c1-2-16-13(15)11-14-10-6-9-12-7-4-3-5-8-12;1-2-4-6-5-3-1/h3-5,7-8,14H,2,6,9-11H2,1H3;1-5H. The molecule has 0 unspecified atom stereocenters. The molecule has 0 heterocycles. The van der Waals surface area contributed by atoms with E-state index in [9.17, 15) is 4.79 Å². The minimum Gasteiger partial charge on any atom is -0.465 e. The van der Waals surface area contributed by atoms with Gasteiger partial charge < -0.3 is 10.1 Å². The molecule has 22 heavy (non-hydrogen) atoms. The fourth-order valence-electron chi connectivity index (χ4n) is 1.81. The van der Waals surface area contributed by atoms with Gasteiger partial charge in [-0.2, -0.15) is 0 Å². The van der Waals surface area contributed by atoms with Crippen molar-refractivity contribution in [3.63, 3.8) is 0 Å². The van der Waals surface area contributed by atoms with Crippen LogP contribution in [0.3, 0.4) is 0 Å². The van der Waals surface area contributed by atoms with Crippen molar-refractivity contribution >= 4 is 5.97 Å². The van der Waals surface area contributed by atoms with Crippen LogP contribution in [0.4, 0.5) is 0 Å². The molecule has 3 heteroatoms. The van der Waals surface area contributed by atoms with Crippen LogP contribution in [0.1, 0.15) is 18.9 Å². The predicted molar refractivity (Wildman–Crippen MR) is 89.5 cm³/mol. The van der Waals surface area contributed by atoms with Gasteiger partial charge in [-0.3, -0.25) is 4.79 Å². The van der Waals surface area contributed by atoms with Gasteiger partial charge in [0.05, 0.1) is 13.2 Å². The van der Waals surface area contributed by atoms with Crippen LogP contribution in [0.25, 0.3) is 0 Å². The second-order valence-corrected chi connectivity index (χ2v) is 4.65. The van der Waals surface area contributed by atoms with Gasteiger partial charge in [-0.1, -0.05) is 60.7 Å². The largest absolute Gasteiger partial charge is 0.465 e. The Labute approximate surface area is 133 Å². The zero-order valence-electron chi connectivity index (χ0n) is 13.1. The van der Waals surface area contributed by atoms with Gasteiger partial charge >= 0.3 is 5.97 Å². The van der Waals surface area contributed by atoms with Gasteiger partial charge in [0.25, 0.3) is 0 Å². The van der Waals surface area contributed by atoms with E-state index < -0.39 is 0 Å². The van der Waals surface area contributed by atoms with Crippen LogP contribution in [-0.2, 0) is 16.0 Å². The third-order valence-corrected chi connectivity index (χ3v) is 2.84. The Kier molecular flexibility index (Phi) is 10.3. The number of ether oxygens (including phenoxy) is 1. The lowest BCUT2D eigenvalue weighted by Crippen LogP contribution is -2.25. The highest BCUT2D eigenvalue weighted by Gasteiger charge is 1.99. The zero-order chi connectivity index (χ0) is 15.9. The van der Waals surface area contributed by atoms with E-state index in [1.165, 1.54) is 5.56 Å². The number of hydrogen-bond donors (Lipinski definition) is 1. The molecule has 0 aliphatic carbocycles. The van der Waals surface area contributed by atoms with E-state index >= 15 is 0 Å². The number of hydrogen-bond acceptors (Lipinski definition) is 3. The predicted octanol–water partition coefficient (Wildman–Crippen LogP) is 3.26. The number of aryl methyl sites for hydroxylation is 1. The first-order chi connectivity index (χ1) is 10.8. The lowest BCUT2D eigenvalue weighted by atomic mass is 10.1. The highest BCUT2D eigenvalue weighted by atomic mass is 16.5. The van der Waals surface area contributed by atoms with Crippen molar-refractivity contribution in [3.05, 3.63) is 72.3 Å². The maximum atomic E-state index is 11.0. The van der Waals surface area contributed by atoms with Crippen molar-refractivity contribution < 1.29 is 9.53 Å². The van der Waals surface area contributed by atoms with Gasteiger partial charge in [0, 0.05) is 0 Å². The molecule has 2 aromatic rings. The average molecular weight is 298 g/mol. The summed E-state index contributed by atoms with van der Waals surface area (Å²) >= 11 is 0. The maximum absolute atomic E-state index is 11.0. The molecule has 117 valence electrons. The monoisotopic (exact) mass is 298 g/mol. The Morgan fingerprint density at radius 3 is 2.32 bits per heavy atom. The third-order valence-electron chi connectivity index (χ3n) is 2.84. The molecule has 0 aliphatic heterocycles. The van der Waals surface area contributed by atoms with Gasteiger partial charge in [-0.15, -0.1) is 0 Å². The molecule has 0 aliphatic rings. The summed E-state index contributed by atoms with van der Waals surface area (Å²) in [6.45, 7) is 3.41. The SMILES string of the molecule is CCOC(=O)CNCCCc1ccccc1.[c]1ccccc1. The van der Waals surface area contributed by atoms with Crippen LogP contribution in [0, 0.1) is 6.07 Å². The molecule has 0 aromatic heterocycles. The van der Waals surface area contributed by atoms with Gasteiger partial charge in [-0.05, 0) is 37.9 Å². The van der Waals surface area contributed by atoms with Crippen LogP contribution in [0.5, 0.6) is 0 Å². The Bertz CT molecular complexity index is 459. The molecule has 2 aromatic carbocycles. The number of esters is 1. The van der Waals surface area contributed by atoms with Crippen LogP contribution < -0.4 is 5.32 Å². The summed E-state index contributed by atoms with van der Waals surface area (Å²) in [4.78, 5) is 11.0. The van der Waals surface area contributed by atoms with Crippen molar-refractivity contribution in [3.8, 4) is 0 Å². The molecular formula is C19H24NO2. The zero-order valence-corrected chi connectivity index (χ0v) is 13.1. The Balaban J connectivity index is 0.000000335. The molecular weight excluding hydrogens is 274 g/mol. The summed E-state index contributed by atoms with van der Waals surface area (Å²) in [5.41, 5.74) is 1.33. The van der Waals surface area contributed by atoms with Gasteiger partial charge in [-0.25, -0.2) is 0 Å². The van der Waals surface area contributed by atoms with Gasteiger partial charge in [0.1, 0.15) is 0 Å². The minimum absolute atomic E-state index is 0.179. The van der Waals surface area contributed by atoms with Crippen molar-refractivity contribution in [2.24, 2.45) is 0 Å². The summed E-state index contributed by atoms with van der Waals surface area (Å²) in [6, 6.07) is 22.8. The Morgan fingerprint density at radius 1 is 1.09 bits per heavy atom. The lowest BCUT2D eigenvalue weighted by Gasteiger charge is -2.04. The van der Waals surface area contributed by atoms with Crippen molar-refractivity contribution in [1.82, 2.24) is 5.32 Å². The number of benzene rings is 2. The van der Waals surface area contributed by atoms with Crippen molar-refractivity contribution in [2.45, 2.75) is 19.8 Å². The third kappa shape index (κ3) is 9.72. The normalized spacial score (nSPS) is 9.50. The van der Waals surface area contributed by atoms with Crippen LogP contribution in [0.15, 0.2) is 60.7 Å². The second kappa shape index (κ2) is 12.6. The van der Waals surface area contributed by atoms with Crippen LogP contribution >= 0.6 is 0 Å². The number of carbonyl (C=O) groups excluding carboxylic acids is 1. The summed E-state index contributed by atoms with van der Waals surface area (Å²) in [5.74, 6) is -0.179. The van der Waals surface area contributed by atoms with E-state index in [-0.39, 0.29) is 5.97 Å². The molecule has 2 rings (SSSR count). The topological polar surface area (TPSA) is 38.3 Å². The minimum atomic E-state index is -0.179. The average Bonchev–Trinajstić information content (AvgIpc) is 2.58. The molecule has 0 amide bonds. The summed E-state index contributed by atoms with van der Waals surface area (Å²) in [7, 11) is 0. The van der Waals surface area contributed by atoms with Crippen molar-refractivity contribution in [1.29, 1.82) is 0 Å². The van der Waals surface area contributed by atoms with E-state index in [2.05, 4.69) is 23.5 Å². The Morgan fingerprint density at radius 2 is 1.77 bits per heavy atom. The molecule has 0 atom stereocenters. The van der Waals surface area contributed by atoms with E-state index in [1.807, 2.05) is 55.5 Å². The van der Waals surface area contributed by atoms with E-state index in [4.69, 9.17) is 4.74 Å². The molecule has 1 N–H and O–H groups in total. The fraction of sp³-hybridized carbons (Fsp3) is 0.316. The highest BCUT2D eigenvalue weighted by Crippen LogP contribution is 2.01. The molecule has 0 saturated carbocycles. The maximum Gasteiger partial charge on any atom is 0.319 e. The molecule has 0 saturated heterocycles. The first-order valence-corrected chi connectivity index (χ1v) is 7.64. The molecule has 0 bridgehead atoms. The van der Waals surface area contributed by atoms with E-state index in [0.29, 0.717) is 13.2 Å². The first-order valence-electron chi connectivity index (χ1n) is 7.64. The fourth-order valence-corrected chi connectivity index (χ4v) is 1.81. The number of rotatable bonds is 7.